The first-order valence-electron chi connectivity index (χ1n) is 8.99. The van der Waals surface area contributed by atoms with Crippen LogP contribution in [0.15, 0.2) is 47.4 Å². The maximum Gasteiger partial charge on any atom is 0.269 e. The maximum absolute atomic E-state index is 12.4. The van der Waals surface area contributed by atoms with Crippen LogP contribution in [0, 0.1) is 16.7 Å². The summed E-state index contributed by atoms with van der Waals surface area (Å²) in [7, 11) is 0. The summed E-state index contributed by atoms with van der Waals surface area (Å²) in [5, 5.41) is 14.8. The van der Waals surface area contributed by atoms with Crippen LogP contribution in [-0.4, -0.2) is 32.4 Å². The van der Waals surface area contributed by atoms with Gasteiger partial charge in [0.1, 0.15) is 11.3 Å². The van der Waals surface area contributed by atoms with Gasteiger partial charge in [-0.05, 0) is 38.1 Å². The third-order valence-electron chi connectivity index (χ3n) is 4.45. The fraction of sp³-hybridized carbons (Fsp3) is 0.190. The molecule has 0 unspecified atom stereocenters. The van der Waals surface area contributed by atoms with Crippen LogP contribution in [0.25, 0.3) is 33.7 Å². The molecule has 0 aliphatic carbocycles. The lowest BCUT2D eigenvalue weighted by Gasteiger charge is -2.15. The van der Waals surface area contributed by atoms with E-state index in [1.54, 1.807) is 37.7 Å². The Kier molecular flexibility index (Phi) is 4.82. The highest BCUT2D eigenvalue weighted by Gasteiger charge is 2.19. The van der Waals surface area contributed by atoms with Crippen LogP contribution in [0.2, 0.25) is 0 Å². The van der Waals surface area contributed by atoms with Crippen LogP contribution in [0.5, 0.6) is 0 Å². The number of rotatable bonds is 5. The first-order chi connectivity index (χ1) is 13.9. The topological polar surface area (TPSA) is 107 Å². The smallest absolute Gasteiger partial charge is 0.269 e. The third-order valence-corrected chi connectivity index (χ3v) is 5.04. The second-order valence-corrected chi connectivity index (χ2v) is 8.02. The third kappa shape index (κ3) is 4.00. The monoisotopic (exact) mass is 402 g/mol. The van der Waals surface area contributed by atoms with Crippen molar-refractivity contribution < 1.29 is 4.79 Å². The zero-order valence-corrected chi connectivity index (χ0v) is 16.7. The quantitative estimate of drug-likeness (QED) is 0.524. The molecule has 1 amide bonds. The number of carbonyl (C=O) groups is 1. The van der Waals surface area contributed by atoms with Crippen LogP contribution >= 0.6 is 11.3 Å². The van der Waals surface area contributed by atoms with Gasteiger partial charge in [0, 0.05) is 29.1 Å². The van der Waals surface area contributed by atoms with E-state index in [-0.39, 0.29) is 12.5 Å². The van der Waals surface area contributed by atoms with Crippen molar-refractivity contribution in [2.24, 2.45) is 5.41 Å². The Morgan fingerprint density at radius 3 is 2.90 bits per heavy atom. The number of nitrogens with one attached hydrogen (secondary N) is 2. The molecule has 0 aromatic carbocycles. The molecule has 29 heavy (non-hydrogen) atoms. The standard InChI is InChI=1S/C21H18N6OS/c1-21(2,10-22)11-24-20(28)16-5-3-4-15(26-16)14-6-13-7-17(18-9-29-12-25-18)27-19(13)23-8-14/h3-9,12H,11H2,1-2H3,(H,23,27)(H,24,28). The lowest BCUT2D eigenvalue weighted by Crippen LogP contribution is -2.33. The highest BCUT2D eigenvalue weighted by atomic mass is 32.1. The first kappa shape index (κ1) is 18.8. The lowest BCUT2D eigenvalue weighted by molar-refractivity contribution is 0.0939. The van der Waals surface area contributed by atoms with Gasteiger partial charge in [-0.2, -0.15) is 5.26 Å². The summed E-state index contributed by atoms with van der Waals surface area (Å²) in [5.41, 5.74) is 5.48. The second kappa shape index (κ2) is 7.45. The minimum Gasteiger partial charge on any atom is -0.349 e. The van der Waals surface area contributed by atoms with Crippen LogP contribution in [0.3, 0.4) is 0 Å². The highest BCUT2D eigenvalue weighted by Crippen LogP contribution is 2.26. The highest BCUT2D eigenvalue weighted by molar-refractivity contribution is 7.07. The van der Waals surface area contributed by atoms with E-state index in [9.17, 15) is 4.79 Å². The number of nitrogens with zero attached hydrogens (tertiary/aromatic N) is 4. The Morgan fingerprint density at radius 1 is 1.28 bits per heavy atom. The van der Waals surface area contributed by atoms with Crippen molar-refractivity contribution in [3.05, 3.63) is 53.1 Å². The van der Waals surface area contributed by atoms with Gasteiger partial charge in [0.15, 0.2) is 0 Å². The number of fused-ring (bicyclic) bond motifs is 1. The average Bonchev–Trinajstić information content (AvgIpc) is 3.41. The second-order valence-electron chi connectivity index (χ2n) is 7.30. The van der Waals surface area contributed by atoms with Crippen LogP contribution in [0.4, 0.5) is 0 Å². The molecular weight excluding hydrogens is 384 g/mol. The zero-order valence-electron chi connectivity index (χ0n) is 15.9. The number of aromatic amines is 1. The van der Waals surface area contributed by atoms with E-state index in [4.69, 9.17) is 5.26 Å². The number of thiazole rings is 1. The van der Waals surface area contributed by atoms with Gasteiger partial charge in [0.05, 0.1) is 34.1 Å². The van der Waals surface area contributed by atoms with Crippen molar-refractivity contribution in [2.45, 2.75) is 13.8 Å². The summed E-state index contributed by atoms with van der Waals surface area (Å²) in [6.07, 6.45) is 1.73. The van der Waals surface area contributed by atoms with Crippen molar-refractivity contribution >= 4 is 28.3 Å². The Morgan fingerprint density at radius 2 is 2.14 bits per heavy atom. The molecule has 7 nitrogen and oxygen atoms in total. The molecule has 0 fully saturated rings. The minimum absolute atomic E-state index is 0.254. The Hall–Kier alpha value is -3.57. The van der Waals surface area contributed by atoms with Gasteiger partial charge in [0.25, 0.3) is 5.91 Å². The molecule has 4 aromatic heterocycles. The molecule has 0 saturated carbocycles. The van der Waals surface area contributed by atoms with E-state index in [0.717, 1.165) is 28.0 Å². The number of carbonyl (C=O) groups excluding carboxylic acids is 1. The Labute approximate surface area is 171 Å². The molecular formula is C21H18N6OS. The van der Waals surface area contributed by atoms with Gasteiger partial charge in [-0.1, -0.05) is 6.07 Å². The van der Waals surface area contributed by atoms with Crippen LogP contribution < -0.4 is 5.32 Å². The maximum atomic E-state index is 12.4. The van der Waals surface area contributed by atoms with Crippen LogP contribution in [0.1, 0.15) is 24.3 Å². The summed E-state index contributed by atoms with van der Waals surface area (Å²) >= 11 is 1.54. The SMILES string of the molecule is CC(C)(C#N)CNC(=O)c1cccc(-c2cnc3[nH]c(-c4cscn4)cc3c2)n1. The van der Waals surface area contributed by atoms with E-state index >= 15 is 0 Å². The van der Waals surface area contributed by atoms with Gasteiger partial charge >= 0.3 is 0 Å². The molecule has 144 valence electrons. The van der Waals surface area contributed by atoms with Crippen molar-refractivity contribution in [1.82, 2.24) is 25.3 Å². The number of hydrogen-bond acceptors (Lipinski definition) is 6. The molecule has 0 aliphatic heterocycles. The van der Waals surface area contributed by atoms with Gasteiger partial charge in [-0.15, -0.1) is 11.3 Å². The number of nitriles is 1. The molecule has 0 bridgehead atoms. The van der Waals surface area contributed by atoms with E-state index in [1.165, 1.54) is 11.3 Å². The predicted octanol–water partition coefficient (Wildman–Crippen LogP) is 4.03. The number of H-pyrrole nitrogens is 1. The molecule has 0 saturated heterocycles. The largest absolute Gasteiger partial charge is 0.349 e. The minimum atomic E-state index is -0.633. The number of aromatic nitrogens is 4. The normalized spacial score (nSPS) is 11.3. The van der Waals surface area contributed by atoms with E-state index in [1.807, 2.05) is 23.6 Å². The number of amides is 1. The molecule has 0 aliphatic rings. The Bertz CT molecular complexity index is 1220. The van der Waals surface area contributed by atoms with Crippen molar-refractivity contribution in [2.75, 3.05) is 6.54 Å². The summed E-state index contributed by atoms with van der Waals surface area (Å²) in [5.74, 6) is -0.309. The fourth-order valence-electron chi connectivity index (χ4n) is 2.79. The molecule has 0 spiro atoms. The van der Waals surface area contributed by atoms with Gasteiger partial charge in [0.2, 0.25) is 0 Å². The van der Waals surface area contributed by atoms with Gasteiger partial charge < -0.3 is 10.3 Å². The van der Waals surface area contributed by atoms with Crippen molar-refractivity contribution in [1.29, 1.82) is 5.26 Å². The zero-order chi connectivity index (χ0) is 20.4. The summed E-state index contributed by atoms with van der Waals surface area (Å²) in [6, 6.07) is 11.4. The number of hydrogen-bond donors (Lipinski definition) is 2. The number of pyridine rings is 2. The molecule has 0 radical (unpaired) electrons. The van der Waals surface area contributed by atoms with E-state index < -0.39 is 5.41 Å². The summed E-state index contributed by atoms with van der Waals surface area (Å²) in [6.45, 7) is 3.80. The average molecular weight is 402 g/mol. The van der Waals surface area contributed by atoms with E-state index in [2.05, 4.69) is 31.3 Å². The van der Waals surface area contributed by atoms with Crippen molar-refractivity contribution in [3.63, 3.8) is 0 Å². The predicted molar refractivity (Wildman–Crippen MR) is 112 cm³/mol. The molecule has 2 N–H and O–H groups in total. The van der Waals surface area contributed by atoms with Gasteiger partial charge in [-0.25, -0.2) is 15.0 Å². The lowest BCUT2D eigenvalue weighted by atomic mass is 9.96. The van der Waals surface area contributed by atoms with Gasteiger partial charge in [-0.3, -0.25) is 4.79 Å². The van der Waals surface area contributed by atoms with Crippen molar-refractivity contribution in [3.8, 4) is 28.7 Å². The molecule has 4 rings (SSSR count). The summed E-state index contributed by atoms with van der Waals surface area (Å²) in [4.78, 5) is 29.0. The molecule has 4 aromatic rings. The van der Waals surface area contributed by atoms with Crippen LogP contribution in [-0.2, 0) is 0 Å². The molecule has 0 atom stereocenters. The Balaban J connectivity index is 1.60. The molecule has 8 heteroatoms. The summed E-state index contributed by atoms with van der Waals surface area (Å²) < 4.78 is 0. The first-order valence-corrected chi connectivity index (χ1v) is 9.94. The fourth-order valence-corrected chi connectivity index (χ4v) is 3.34. The van der Waals surface area contributed by atoms with E-state index in [0.29, 0.717) is 11.4 Å². The molecule has 4 heterocycles.